The van der Waals surface area contributed by atoms with Crippen molar-refractivity contribution in [3.8, 4) is 0 Å². The number of benzene rings is 1. The molecule has 2 unspecified atom stereocenters. The lowest BCUT2D eigenvalue weighted by atomic mass is 9.78. The molecule has 20 heavy (non-hydrogen) atoms. The summed E-state index contributed by atoms with van der Waals surface area (Å²) in [4.78, 5) is 23.4. The van der Waals surface area contributed by atoms with E-state index in [0.717, 1.165) is 12.8 Å². The van der Waals surface area contributed by atoms with E-state index in [-0.39, 0.29) is 5.91 Å². The summed E-state index contributed by atoms with van der Waals surface area (Å²) < 4.78 is 13.3. The Hall–Kier alpha value is -1.91. The first-order chi connectivity index (χ1) is 9.47. The lowest BCUT2D eigenvalue weighted by Gasteiger charge is -2.27. The fraction of sp³-hybridized carbons (Fsp3) is 0.467. The minimum atomic E-state index is -0.930. The molecule has 0 spiro atoms. The number of nitrogens with one attached hydrogen (secondary N) is 1. The van der Waals surface area contributed by atoms with Crippen molar-refractivity contribution < 1.29 is 19.1 Å². The summed E-state index contributed by atoms with van der Waals surface area (Å²) in [7, 11) is 0. The summed E-state index contributed by atoms with van der Waals surface area (Å²) in [5.41, 5.74) is 1.08. The van der Waals surface area contributed by atoms with Crippen LogP contribution >= 0.6 is 0 Å². The van der Waals surface area contributed by atoms with Crippen molar-refractivity contribution in [3.05, 3.63) is 29.6 Å². The van der Waals surface area contributed by atoms with Crippen LogP contribution in [0.5, 0.6) is 0 Å². The fourth-order valence-electron chi connectivity index (χ4n) is 2.78. The molecule has 0 radical (unpaired) electrons. The third kappa shape index (κ3) is 3.35. The molecule has 5 heteroatoms. The van der Waals surface area contributed by atoms with Crippen LogP contribution < -0.4 is 5.32 Å². The Balaban J connectivity index is 2.11. The van der Waals surface area contributed by atoms with Gasteiger partial charge in [0.05, 0.1) is 11.8 Å². The molecule has 0 saturated heterocycles. The number of hydrogen-bond acceptors (Lipinski definition) is 2. The SMILES string of the molecule is Cc1cc(F)cc(NC(=O)C2CCCCC2C(=O)O)c1. The average Bonchev–Trinajstić information content (AvgIpc) is 2.37. The lowest BCUT2D eigenvalue weighted by Crippen LogP contribution is -2.36. The Kier molecular flexibility index (Phi) is 4.37. The van der Waals surface area contributed by atoms with E-state index in [4.69, 9.17) is 0 Å². The minimum Gasteiger partial charge on any atom is -0.481 e. The van der Waals surface area contributed by atoms with Gasteiger partial charge in [-0.3, -0.25) is 9.59 Å². The number of anilines is 1. The molecule has 1 aromatic rings. The third-order valence-corrected chi connectivity index (χ3v) is 3.73. The first-order valence-corrected chi connectivity index (χ1v) is 6.78. The molecule has 1 aliphatic carbocycles. The molecule has 2 N–H and O–H groups in total. The summed E-state index contributed by atoms with van der Waals surface area (Å²) in [6, 6.07) is 4.28. The largest absolute Gasteiger partial charge is 0.481 e. The van der Waals surface area contributed by atoms with Gasteiger partial charge >= 0.3 is 5.97 Å². The highest BCUT2D eigenvalue weighted by Crippen LogP contribution is 2.31. The molecule has 2 atom stereocenters. The van der Waals surface area contributed by atoms with Gasteiger partial charge in [-0.2, -0.15) is 0 Å². The van der Waals surface area contributed by atoms with Gasteiger partial charge in [-0.15, -0.1) is 0 Å². The number of carbonyl (C=O) groups excluding carboxylic acids is 1. The van der Waals surface area contributed by atoms with Crippen molar-refractivity contribution in [3.63, 3.8) is 0 Å². The number of carboxylic acid groups (broad SMARTS) is 1. The molecule has 108 valence electrons. The maximum absolute atomic E-state index is 13.3. The van der Waals surface area contributed by atoms with E-state index < -0.39 is 23.6 Å². The van der Waals surface area contributed by atoms with Crippen LogP contribution in [0.25, 0.3) is 0 Å². The number of hydrogen-bond donors (Lipinski definition) is 2. The Morgan fingerprint density at radius 2 is 1.85 bits per heavy atom. The second kappa shape index (κ2) is 6.03. The van der Waals surface area contributed by atoms with E-state index in [1.807, 2.05) is 0 Å². The first kappa shape index (κ1) is 14.5. The zero-order chi connectivity index (χ0) is 14.7. The van der Waals surface area contributed by atoms with E-state index in [0.29, 0.717) is 24.1 Å². The number of rotatable bonds is 3. The molecule has 0 aliphatic heterocycles. The molecular weight excluding hydrogens is 261 g/mol. The highest BCUT2D eigenvalue weighted by molar-refractivity contribution is 5.95. The number of aryl methyl sites for hydroxylation is 1. The molecule has 0 bridgehead atoms. The topological polar surface area (TPSA) is 66.4 Å². The first-order valence-electron chi connectivity index (χ1n) is 6.78. The number of halogens is 1. The number of carbonyl (C=O) groups is 2. The van der Waals surface area contributed by atoms with Crippen molar-refractivity contribution in [2.75, 3.05) is 5.32 Å². The van der Waals surface area contributed by atoms with Gasteiger partial charge in [-0.05, 0) is 43.5 Å². The molecule has 0 heterocycles. The average molecular weight is 279 g/mol. The standard InChI is InChI=1S/C15H18FNO3/c1-9-6-10(16)8-11(7-9)17-14(18)12-4-2-3-5-13(12)15(19)20/h6-8,12-13H,2-5H2,1H3,(H,17,18)(H,19,20). The summed E-state index contributed by atoms with van der Waals surface area (Å²) in [6.07, 6.45) is 2.77. The van der Waals surface area contributed by atoms with Gasteiger partial charge in [0, 0.05) is 5.69 Å². The zero-order valence-electron chi connectivity index (χ0n) is 11.4. The van der Waals surface area contributed by atoms with E-state index >= 15 is 0 Å². The maximum atomic E-state index is 13.3. The van der Waals surface area contributed by atoms with Crippen LogP contribution in [-0.4, -0.2) is 17.0 Å². The summed E-state index contributed by atoms with van der Waals surface area (Å²) in [5, 5.41) is 11.8. The van der Waals surface area contributed by atoms with Gasteiger partial charge in [0.2, 0.25) is 5.91 Å². The van der Waals surface area contributed by atoms with Crippen LogP contribution in [0.4, 0.5) is 10.1 Å². The normalized spacial score (nSPS) is 22.3. The lowest BCUT2D eigenvalue weighted by molar-refractivity contribution is -0.147. The zero-order valence-corrected chi connectivity index (χ0v) is 11.4. The second-order valence-corrected chi connectivity index (χ2v) is 5.34. The molecule has 1 aromatic carbocycles. The van der Waals surface area contributed by atoms with E-state index in [2.05, 4.69) is 5.32 Å². The number of carboxylic acids is 1. The van der Waals surface area contributed by atoms with Crippen LogP contribution in [0.15, 0.2) is 18.2 Å². The van der Waals surface area contributed by atoms with Gasteiger partial charge in [0.15, 0.2) is 0 Å². The second-order valence-electron chi connectivity index (χ2n) is 5.34. The van der Waals surface area contributed by atoms with E-state index in [1.165, 1.54) is 12.1 Å². The van der Waals surface area contributed by atoms with Gasteiger partial charge in [0.25, 0.3) is 0 Å². The predicted molar refractivity (Wildman–Crippen MR) is 72.9 cm³/mol. The fourth-order valence-corrected chi connectivity index (χ4v) is 2.78. The molecule has 1 amide bonds. The third-order valence-electron chi connectivity index (χ3n) is 3.73. The van der Waals surface area contributed by atoms with Crippen molar-refractivity contribution >= 4 is 17.6 Å². The summed E-state index contributed by atoms with van der Waals surface area (Å²) >= 11 is 0. The molecular formula is C15H18FNO3. The minimum absolute atomic E-state index is 0.331. The molecule has 1 aliphatic rings. The van der Waals surface area contributed by atoms with Crippen LogP contribution in [0.1, 0.15) is 31.2 Å². The quantitative estimate of drug-likeness (QED) is 0.894. The monoisotopic (exact) mass is 279 g/mol. The maximum Gasteiger partial charge on any atom is 0.307 e. The van der Waals surface area contributed by atoms with Crippen molar-refractivity contribution in [2.45, 2.75) is 32.6 Å². The summed E-state index contributed by atoms with van der Waals surface area (Å²) in [6.45, 7) is 1.74. The van der Waals surface area contributed by atoms with Crippen molar-refractivity contribution in [1.29, 1.82) is 0 Å². The molecule has 1 fully saturated rings. The Morgan fingerprint density at radius 3 is 2.45 bits per heavy atom. The van der Waals surface area contributed by atoms with E-state index in [1.54, 1.807) is 13.0 Å². The molecule has 2 rings (SSSR count). The highest BCUT2D eigenvalue weighted by Gasteiger charge is 2.35. The summed E-state index contributed by atoms with van der Waals surface area (Å²) in [5.74, 6) is -2.86. The van der Waals surface area contributed by atoms with Crippen molar-refractivity contribution in [1.82, 2.24) is 0 Å². The van der Waals surface area contributed by atoms with Crippen molar-refractivity contribution in [2.24, 2.45) is 11.8 Å². The Bertz CT molecular complexity index is 510. The molecule has 1 saturated carbocycles. The highest BCUT2D eigenvalue weighted by atomic mass is 19.1. The van der Waals surface area contributed by atoms with Gasteiger partial charge in [-0.1, -0.05) is 12.8 Å². The van der Waals surface area contributed by atoms with Crippen LogP contribution in [0, 0.1) is 24.6 Å². The van der Waals surface area contributed by atoms with Crippen LogP contribution in [0.2, 0.25) is 0 Å². The van der Waals surface area contributed by atoms with Crippen LogP contribution in [-0.2, 0) is 9.59 Å². The van der Waals surface area contributed by atoms with E-state index in [9.17, 15) is 19.1 Å². The molecule has 4 nitrogen and oxygen atoms in total. The molecule has 0 aromatic heterocycles. The Labute approximate surface area is 117 Å². The number of aliphatic carboxylic acids is 1. The van der Waals surface area contributed by atoms with Gasteiger partial charge in [-0.25, -0.2) is 4.39 Å². The smallest absolute Gasteiger partial charge is 0.307 e. The van der Waals surface area contributed by atoms with Gasteiger partial charge < -0.3 is 10.4 Å². The predicted octanol–water partition coefficient (Wildman–Crippen LogP) is 2.96. The Morgan fingerprint density at radius 1 is 1.20 bits per heavy atom. The van der Waals surface area contributed by atoms with Crippen LogP contribution in [0.3, 0.4) is 0 Å². The number of amides is 1. The van der Waals surface area contributed by atoms with Gasteiger partial charge in [0.1, 0.15) is 5.82 Å².